The number of aldehydes is 1. The molecule has 19 heavy (non-hydrogen) atoms. The fourth-order valence-corrected chi connectivity index (χ4v) is 3.08. The molecule has 3 rings (SSSR count). The van der Waals surface area contributed by atoms with Crippen LogP contribution in [0.4, 0.5) is 0 Å². The molecule has 0 spiro atoms. The van der Waals surface area contributed by atoms with Gasteiger partial charge in [0.25, 0.3) is 5.22 Å². The zero-order valence-corrected chi connectivity index (χ0v) is 12.1. The number of halogens is 1. The fraction of sp³-hybridized carbons (Fsp3) is 0. The van der Waals surface area contributed by atoms with Gasteiger partial charge in [0.15, 0.2) is 11.9 Å². The van der Waals surface area contributed by atoms with Crippen LogP contribution in [-0.2, 0) is 0 Å². The molecule has 0 aliphatic heterocycles. The van der Waals surface area contributed by atoms with Gasteiger partial charge in [0, 0.05) is 14.9 Å². The predicted octanol–water partition coefficient (Wildman–Crippen LogP) is 4.55. The van der Waals surface area contributed by atoms with Gasteiger partial charge in [-0.05, 0) is 42.1 Å². The van der Waals surface area contributed by atoms with Gasteiger partial charge >= 0.3 is 0 Å². The number of aromatic nitrogens is 1. The molecule has 0 unspecified atom stereocenters. The smallest absolute Gasteiger partial charge is 0.261 e. The summed E-state index contributed by atoms with van der Waals surface area (Å²) in [4.78, 5) is 16.1. The van der Waals surface area contributed by atoms with E-state index in [4.69, 9.17) is 4.42 Å². The summed E-state index contributed by atoms with van der Waals surface area (Å²) in [7, 11) is 0. The molecule has 0 saturated heterocycles. The van der Waals surface area contributed by atoms with Gasteiger partial charge in [0.1, 0.15) is 5.52 Å². The van der Waals surface area contributed by atoms with E-state index in [9.17, 15) is 4.79 Å². The first kappa shape index (κ1) is 12.4. The average molecular weight is 334 g/mol. The molecule has 0 aliphatic carbocycles. The standard InChI is InChI=1S/C14H8BrNO2S/c15-11-7-10(6-5-9(11)8-17)19-14-16-12-3-1-2-4-13(12)18-14/h1-8H. The Kier molecular flexibility index (Phi) is 3.40. The SMILES string of the molecule is O=Cc1ccc(Sc2nc3ccccc3o2)cc1Br. The fourth-order valence-electron chi connectivity index (χ4n) is 1.66. The maximum atomic E-state index is 10.7. The van der Waals surface area contributed by atoms with Crippen molar-refractivity contribution < 1.29 is 9.21 Å². The molecule has 2 aromatic carbocycles. The summed E-state index contributed by atoms with van der Waals surface area (Å²) in [6, 6.07) is 13.2. The lowest BCUT2D eigenvalue weighted by molar-refractivity contribution is 0.112. The molecular formula is C14H8BrNO2S. The van der Waals surface area contributed by atoms with Crippen molar-refractivity contribution in [2.75, 3.05) is 0 Å². The number of hydrogen-bond acceptors (Lipinski definition) is 4. The number of rotatable bonds is 3. The van der Waals surface area contributed by atoms with E-state index < -0.39 is 0 Å². The lowest BCUT2D eigenvalue weighted by Gasteiger charge is -2.00. The number of hydrogen-bond donors (Lipinski definition) is 0. The van der Waals surface area contributed by atoms with Gasteiger partial charge < -0.3 is 4.42 Å². The number of carbonyl (C=O) groups is 1. The Morgan fingerprint density at radius 1 is 1.21 bits per heavy atom. The van der Waals surface area contributed by atoms with E-state index in [0.717, 1.165) is 26.8 Å². The summed E-state index contributed by atoms with van der Waals surface area (Å²) >= 11 is 4.78. The first-order valence-corrected chi connectivity index (χ1v) is 7.15. The normalized spacial score (nSPS) is 10.8. The van der Waals surface area contributed by atoms with Crippen molar-refractivity contribution in [1.29, 1.82) is 0 Å². The van der Waals surface area contributed by atoms with E-state index in [1.807, 2.05) is 36.4 Å². The third-order valence-corrected chi connectivity index (χ3v) is 4.10. The minimum Gasteiger partial charge on any atom is -0.431 e. The van der Waals surface area contributed by atoms with Crippen LogP contribution in [0.5, 0.6) is 0 Å². The lowest BCUT2D eigenvalue weighted by atomic mass is 10.2. The molecule has 0 amide bonds. The molecule has 0 atom stereocenters. The molecular weight excluding hydrogens is 326 g/mol. The number of para-hydroxylation sites is 2. The van der Waals surface area contributed by atoms with E-state index in [1.165, 1.54) is 11.8 Å². The topological polar surface area (TPSA) is 43.1 Å². The summed E-state index contributed by atoms with van der Waals surface area (Å²) < 4.78 is 6.40. The zero-order chi connectivity index (χ0) is 13.2. The Morgan fingerprint density at radius 3 is 2.79 bits per heavy atom. The van der Waals surface area contributed by atoms with Gasteiger partial charge in [-0.3, -0.25) is 4.79 Å². The molecule has 0 bridgehead atoms. The van der Waals surface area contributed by atoms with E-state index in [1.54, 1.807) is 6.07 Å². The Bertz CT molecular complexity index is 721. The molecule has 1 heterocycles. The van der Waals surface area contributed by atoms with Gasteiger partial charge in [-0.2, -0.15) is 0 Å². The van der Waals surface area contributed by atoms with E-state index in [2.05, 4.69) is 20.9 Å². The van der Waals surface area contributed by atoms with Crippen molar-refractivity contribution >= 4 is 45.1 Å². The quantitative estimate of drug-likeness (QED) is 0.659. The van der Waals surface area contributed by atoms with E-state index in [-0.39, 0.29) is 0 Å². The summed E-state index contributed by atoms with van der Waals surface area (Å²) in [5.74, 6) is 0. The third-order valence-electron chi connectivity index (χ3n) is 2.58. The summed E-state index contributed by atoms with van der Waals surface area (Å²) in [5, 5.41) is 0.590. The number of benzene rings is 2. The van der Waals surface area contributed by atoms with Gasteiger partial charge in [-0.1, -0.05) is 28.1 Å². The van der Waals surface area contributed by atoms with Gasteiger partial charge in [0.2, 0.25) is 0 Å². The van der Waals surface area contributed by atoms with Crippen LogP contribution in [-0.4, -0.2) is 11.3 Å². The van der Waals surface area contributed by atoms with Crippen molar-refractivity contribution in [3.8, 4) is 0 Å². The average Bonchev–Trinajstić information content (AvgIpc) is 2.81. The highest BCUT2D eigenvalue weighted by Gasteiger charge is 2.08. The Labute approximate surface area is 122 Å². The van der Waals surface area contributed by atoms with Crippen LogP contribution < -0.4 is 0 Å². The van der Waals surface area contributed by atoms with Crippen molar-refractivity contribution in [2.24, 2.45) is 0 Å². The van der Waals surface area contributed by atoms with Crippen molar-refractivity contribution in [2.45, 2.75) is 10.1 Å². The summed E-state index contributed by atoms with van der Waals surface area (Å²) in [5.41, 5.74) is 2.24. The molecule has 3 aromatic rings. The highest BCUT2D eigenvalue weighted by atomic mass is 79.9. The molecule has 0 fully saturated rings. The van der Waals surface area contributed by atoms with Crippen molar-refractivity contribution in [1.82, 2.24) is 4.98 Å². The minimum absolute atomic E-state index is 0.590. The maximum Gasteiger partial charge on any atom is 0.261 e. The molecule has 1 aromatic heterocycles. The zero-order valence-electron chi connectivity index (χ0n) is 9.67. The van der Waals surface area contributed by atoms with Crippen molar-refractivity contribution in [3.63, 3.8) is 0 Å². The summed E-state index contributed by atoms with van der Waals surface area (Å²) in [6.45, 7) is 0. The van der Waals surface area contributed by atoms with Crippen LogP contribution in [0.1, 0.15) is 10.4 Å². The molecule has 3 nitrogen and oxygen atoms in total. The first-order chi connectivity index (χ1) is 9.26. The second kappa shape index (κ2) is 5.19. The van der Waals surface area contributed by atoms with Crippen LogP contribution in [0, 0.1) is 0 Å². The number of fused-ring (bicyclic) bond motifs is 1. The largest absolute Gasteiger partial charge is 0.431 e. The Balaban J connectivity index is 1.92. The van der Waals surface area contributed by atoms with Crippen LogP contribution in [0.25, 0.3) is 11.1 Å². The highest BCUT2D eigenvalue weighted by molar-refractivity contribution is 9.10. The molecule has 94 valence electrons. The maximum absolute atomic E-state index is 10.7. The first-order valence-electron chi connectivity index (χ1n) is 5.54. The molecule has 0 aliphatic rings. The third kappa shape index (κ3) is 2.57. The van der Waals surface area contributed by atoms with Gasteiger partial charge in [0.05, 0.1) is 0 Å². The molecule has 5 heteroatoms. The van der Waals surface area contributed by atoms with Gasteiger partial charge in [-0.15, -0.1) is 0 Å². The van der Waals surface area contributed by atoms with Crippen LogP contribution in [0.15, 0.2) is 61.5 Å². The van der Waals surface area contributed by atoms with E-state index in [0.29, 0.717) is 10.8 Å². The predicted molar refractivity (Wildman–Crippen MR) is 77.7 cm³/mol. The second-order valence-corrected chi connectivity index (χ2v) is 5.73. The molecule has 0 N–H and O–H groups in total. The van der Waals surface area contributed by atoms with Crippen LogP contribution in [0.2, 0.25) is 0 Å². The monoisotopic (exact) mass is 333 g/mol. The molecule has 0 saturated carbocycles. The number of carbonyl (C=O) groups excluding carboxylic acids is 1. The summed E-state index contributed by atoms with van der Waals surface area (Å²) in [6.07, 6.45) is 0.817. The number of nitrogens with zero attached hydrogens (tertiary/aromatic N) is 1. The lowest BCUT2D eigenvalue weighted by Crippen LogP contribution is -1.82. The highest BCUT2D eigenvalue weighted by Crippen LogP contribution is 2.32. The second-order valence-electron chi connectivity index (χ2n) is 3.85. The van der Waals surface area contributed by atoms with Crippen molar-refractivity contribution in [3.05, 3.63) is 52.5 Å². The van der Waals surface area contributed by atoms with Crippen LogP contribution >= 0.6 is 27.7 Å². The van der Waals surface area contributed by atoms with Crippen LogP contribution in [0.3, 0.4) is 0 Å². The molecule has 0 radical (unpaired) electrons. The van der Waals surface area contributed by atoms with Gasteiger partial charge in [-0.25, -0.2) is 4.98 Å². The number of oxazole rings is 1. The van der Waals surface area contributed by atoms with E-state index >= 15 is 0 Å². The minimum atomic E-state index is 0.590. The Morgan fingerprint density at radius 2 is 2.05 bits per heavy atom. The Hall–Kier alpha value is -1.59.